The Morgan fingerprint density at radius 3 is 1.28 bits per heavy atom. The average molecular weight is 487 g/mol. The third kappa shape index (κ3) is 3.49. The van der Waals surface area contributed by atoms with Crippen LogP contribution in [0.5, 0.6) is 0 Å². The normalized spacial score (nSPS) is 19.2. The third-order valence-electron chi connectivity index (χ3n) is 8.64. The molecule has 1 aliphatic rings. The van der Waals surface area contributed by atoms with Crippen molar-refractivity contribution in [3.8, 4) is 0 Å². The number of rotatable bonds is 2. The van der Waals surface area contributed by atoms with Crippen molar-refractivity contribution in [2.45, 2.75) is 83.5 Å². The Morgan fingerprint density at radius 2 is 0.917 bits per heavy atom. The van der Waals surface area contributed by atoms with E-state index in [0.29, 0.717) is 0 Å². The van der Waals surface area contributed by atoms with Crippen LogP contribution in [0.25, 0.3) is 0 Å². The van der Waals surface area contributed by atoms with Crippen molar-refractivity contribution in [3.05, 3.63) is 93.6 Å². The van der Waals surface area contributed by atoms with Gasteiger partial charge < -0.3 is 25.0 Å². The first-order valence-electron chi connectivity index (χ1n) is 12.7. The SMILES string of the molecule is CC1(C)c2ccc([nH]2)C(C)(C)c2ccc([nH]2)C(C)(C)c2[nH]c(cc2CC(=O)O)C(C)(C)c2ccc1[nH]2. The van der Waals surface area contributed by atoms with Gasteiger partial charge in [0.05, 0.1) is 6.42 Å². The molecule has 0 spiro atoms. The minimum absolute atomic E-state index is 0.0294. The average Bonchev–Trinajstić information content (AvgIpc) is 3.58. The molecule has 0 saturated heterocycles. The molecule has 190 valence electrons. The van der Waals surface area contributed by atoms with Crippen molar-refractivity contribution in [1.82, 2.24) is 19.9 Å². The Labute approximate surface area is 212 Å². The van der Waals surface area contributed by atoms with Crippen LogP contribution >= 0.6 is 0 Å². The van der Waals surface area contributed by atoms with Gasteiger partial charge >= 0.3 is 5.97 Å². The predicted molar refractivity (Wildman–Crippen MR) is 143 cm³/mol. The highest BCUT2D eigenvalue weighted by atomic mass is 16.4. The monoisotopic (exact) mass is 486 g/mol. The highest BCUT2D eigenvalue weighted by molar-refractivity contribution is 5.71. The molecule has 0 saturated carbocycles. The zero-order chi connectivity index (χ0) is 26.3. The lowest BCUT2D eigenvalue weighted by atomic mass is 9.83. The lowest BCUT2D eigenvalue weighted by Gasteiger charge is -2.28. The van der Waals surface area contributed by atoms with Crippen LogP contribution in [-0.4, -0.2) is 31.0 Å². The Kier molecular flexibility index (Phi) is 5.09. The molecule has 0 unspecified atom stereocenters. The Bertz CT molecular complexity index is 1450. The quantitative estimate of drug-likeness (QED) is 0.232. The smallest absolute Gasteiger partial charge is 0.307 e. The third-order valence-corrected chi connectivity index (χ3v) is 8.64. The number of hydrogen-bond donors (Lipinski definition) is 5. The van der Waals surface area contributed by atoms with E-state index < -0.39 is 11.4 Å². The van der Waals surface area contributed by atoms with E-state index in [2.05, 4.69) is 112 Å². The summed E-state index contributed by atoms with van der Waals surface area (Å²) in [4.78, 5) is 26.7. The summed E-state index contributed by atoms with van der Waals surface area (Å²) in [5, 5.41) is 9.71. The molecule has 6 nitrogen and oxygen atoms in total. The minimum atomic E-state index is -0.833. The maximum atomic E-state index is 11.8. The molecule has 0 amide bonds. The number of carbonyl (C=O) groups is 1. The van der Waals surface area contributed by atoms with E-state index in [4.69, 9.17) is 0 Å². The Hall–Kier alpha value is -3.41. The summed E-state index contributed by atoms with van der Waals surface area (Å²) in [7, 11) is 0. The van der Waals surface area contributed by atoms with E-state index in [0.717, 1.165) is 51.1 Å². The summed E-state index contributed by atoms with van der Waals surface area (Å²) in [6, 6.07) is 15.0. The molecule has 4 aromatic rings. The van der Waals surface area contributed by atoms with Crippen LogP contribution < -0.4 is 0 Å². The Morgan fingerprint density at radius 1 is 0.583 bits per heavy atom. The molecule has 5 rings (SSSR count). The zero-order valence-electron chi connectivity index (χ0n) is 22.6. The predicted octanol–water partition coefficient (Wildman–Crippen LogP) is 6.24. The van der Waals surface area contributed by atoms with Crippen LogP contribution in [-0.2, 0) is 32.9 Å². The molecular weight excluding hydrogens is 448 g/mol. The summed E-state index contributed by atoms with van der Waals surface area (Å²) in [6.07, 6.45) is -0.0294. The highest BCUT2D eigenvalue weighted by Gasteiger charge is 2.37. The van der Waals surface area contributed by atoms with Crippen molar-refractivity contribution in [2.75, 3.05) is 0 Å². The number of carboxylic acids is 1. The Balaban J connectivity index is 1.79. The first kappa shape index (κ1) is 24.3. The molecular formula is C30H38N4O2. The number of H-pyrrole nitrogens is 4. The van der Waals surface area contributed by atoms with Gasteiger partial charge in [-0.15, -0.1) is 0 Å². The standard InChI is InChI=1S/C30H38N4O2/c1-27(2)18-9-10-19(31-18)28(3,4)21-13-14-23(33-21)30(7,8)26-17(16-25(35)36)15-24(34-26)29(5,6)22-12-11-20(27)32-22/h9-15,31-34H,16H2,1-8H3,(H,35,36). The van der Waals surface area contributed by atoms with Gasteiger partial charge in [0.25, 0.3) is 0 Å². The lowest BCUT2D eigenvalue weighted by Crippen LogP contribution is -2.26. The molecule has 1 aliphatic heterocycles. The highest BCUT2D eigenvalue weighted by Crippen LogP contribution is 2.41. The maximum absolute atomic E-state index is 11.8. The lowest BCUT2D eigenvalue weighted by molar-refractivity contribution is -0.136. The van der Waals surface area contributed by atoms with Gasteiger partial charge in [0.2, 0.25) is 0 Å². The molecule has 0 radical (unpaired) electrons. The molecule has 5 heterocycles. The van der Waals surface area contributed by atoms with Gasteiger partial charge in [0, 0.05) is 67.2 Å². The molecule has 0 aromatic carbocycles. The zero-order valence-corrected chi connectivity index (χ0v) is 22.6. The van der Waals surface area contributed by atoms with Gasteiger partial charge in [-0.1, -0.05) is 0 Å². The molecule has 5 N–H and O–H groups in total. The number of nitrogens with one attached hydrogen (secondary N) is 4. The van der Waals surface area contributed by atoms with E-state index in [1.54, 1.807) is 0 Å². The van der Waals surface area contributed by atoms with Crippen LogP contribution in [0.3, 0.4) is 0 Å². The number of aromatic amines is 4. The number of fused-ring (bicyclic) bond motifs is 8. The fourth-order valence-corrected chi connectivity index (χ4v) is 5.64. The summed E-state index contributed by atoms with van der Waals surface area (Å²) >= 11 is 0. The van der Waals surface area contributed by atoms with Crippen molar-refractivity contribution in [2.24, 2.45) is 0 Å². The maximum Gasteiger partial charge on any atom is 0.307 e. The van der Waals surface area contributed by atoms with Crippen molar-refractivity contribution >= 4 is 5.97 Å². The topological polar surface area (TPSA) is 100 Å². The van der Waals surface area contributed by atoms with Crippen LogP contribution in [0, 0.1) is 0 Å². The summed E-state index contributed by atoms with van der Waals surface area (Å²) < 4.78 is 0. The van der Waals surface area contributed by atoms with Crippen LogP contribution in [0.15, 0.2) is 42.5 Å². The van der Waals surface area contributed by atoms with Crippen molar-refractivity contribution in [1.29, 1.82) is 0 Å². The molecule has 8 bridgehead atoms. The van der Waals surface area contributed by atoms with Gasteiger partial charge in [-0.05, 0) is 103 Å². The minimum Gasteiger partial charge on any atom is -0.481 e. The van der Waals surface area contributed by atoms with E-state index >= 15 is 0 Å². The van der Waals surface area contributed by atoms with Crippen LogP contribution in [0.2, 0.25) is 0 Å². The second-order valence-electron chi connectivity index (χ2n) is 12.5. The van der Waals surface area contributed by atoms with E-state index in [-0.39, 0.29) is 22.7 Å². The fourth-order valence-electron chi connectivity index (χ4n) is 5.64. The first-order chi connectivity index (χ1) is 16.6. The van der Waals surface area contributed by atoms with Gasteiger partial charge in [0.1, 0.15) is 0 Å². The molecule has 0 aliphatic carbocycles. The van der Waals surface area contributed by atoms with Crippen molar-refractivity contribution < 1.29 is 9.90 Å². The van der Waals surface area contributed by atoms with E-state index in [9.17, 15) is 9.90 Å². The van der Waals surface area contributed by atoms with E-state index in [1.165, 1.54) is 0 Å². The molecule has 36 heavy (non-hydrogen) atoms. The number of carboxylic acid groups (broad SMARTS) is 1. The van der Waals surface area contributed by atoms with Crippen LogP contribution in [0.4, 0.5) is 0 Å². The molecule has 6 heteroatoms. The molecule has 0 fully saturated rings. The summed E-state index contributed by atoms with van der Waals surface area (Å²) in [6.45, 7) is 17.5. The number of aromatic nitrogens is 4. The van der Waals surface area contributed by atoms with Gasteiger partial charge in [-0.2, -0.15) is 0 Å². The van der Waals surface area contributed by atoms with Gasteiger partial charge in [-0.25, -0.2) is 0 Å². The second kappa shape index (κ2) is 7.55. The second-order valence-corrected chi connectivity index (χ2v) is 12.5. The van der Waals surface area contributed by atoms with Crippen LogP contribution in [0.1, 0.15) is 107 Å². The molecule has 4 aromatic heterocycles. The number of hydrogen-bond acceptors (Lipinski definition) is 1. The largest absolute Gasteiger partial charge is 0.481 e. The first-order valence-corrected chi connectivity index (χ1v) is 12.7. The molecule has 0 atom stereocenters. The van der Waals surface area contributed by atoms with Gasteiger partial charge in [-0.3, -0.25) is 4.79 Å². The fraction of sp³-hybridized carbons (Fsp3) is 0.433. The van der Waals surface area contributed by atoms with E-state index in [1.807, 2.05) is 6.07 Å². The summed E-state index contributed by atoms with van der Waals surface area (Å²) in [5.74, 6) is -0.833. The summed E-state index contributed by atoms with van der Waals surface area (Å²) in [5.41, 5.74) is 8.06. The van der Waals surface area contributed by atoms with Gasteiger partial charge in [0.15, 0.2) is 0 Å². The van der Waals surface area contributed by atoms with Crippen molar-refractivity contribution in [3.63, 3.8) is 0 Å². The number of aliphatic carboxylic acids is 1.